The summed E-state index contributed by atoms with van der Waals surface area (Å²) < 4.78 is 2.39. The van der Waals surface area contributed by atoms with Crippen LogP contribution in [0.4, 0.5) is 0 Å². The average molecular weight is 297 g/mol. The van der Waals surface area contributed by atoms with E-state index in [1.807, 2.05) is 11.3 Å². The van der Waals surface area contributed by atoms with Gasteiger partial charge in [0.1, 0.15) is 0 Å². The summed E-state index contributed by atoms with van der Waals surface area (Å²) in [5.74, 6) is 0.609. The molecule has 2 heterocycles. The number of para-hydroxylation sites is 1. The highest BCUT2D eigenvalue weighted by atomic mass is 79.9. The second kappa shape index (κ2) is 4.43. The molecule has 16 heavy (non-hydrogen) atoms. The number of piperidine rings is 1. The maximum atomic E-state index is 4.77. The summed E-state index contributed by atoms with van der Waals surface area (Å²) in [6, 6.07) is 6.29. The van der Waals surface area contributed by atoms with E-state index in [9.17, 15) is 0 Å². The van der Waals surface area contributed by atoms with Crippen LogP contribution in [0.25, 0.3) is 10.2 Å². The van der Waals surface area contributed by atoms with Gasteiger partial charge in [0, 0.05) is 16.9 Å². The molecule has 1 aromatic carbocycles. The van der Waals surface area contributed by atoms with E-state index in [2.05, 4.69) is 39.4 Å². The molecule has 0 spiro atoms. The van der Waals surface area contributed by atoms with Crippen LogP contribution in [0.1, 0.15) is 23.8 Å². The van der Waals surface area contributed by atoms with Crippen LogP contribution in [0, 0.1) is 0 Å². The molecule has 2 aromatic rings. The normalized spacial score (nSPS) is 21.4. The smallest absolute Gasteiger partial charge is 0.0982 e. The number of fused-ring (bicyclic) bond motifs is 1. The van der Waals surface area contributed by atoms with Crippen molar-refractivity contribution in [2.75, 3.05) is 13.1 Å². The average Bonchev–Trinajstić information content (AvgIpc) is 2.76. The van der Waals surface area contributed by atoms with Gasteiger partial charge in [-0.25, -0.2) is 4.98 Å². The zero-order valence-corrected chi connectivity index (χ0v) is 11.3. The molecule has 0 saturated carbocycles. The summed E-state index contributed by atoms with van der Waals surface area (Å²) in [6.45, 7) is 2.24. The van der Waals surface area contributed by atoms with Crippen molar-refractivity contribution in [1.29, 1.82) is 0 Å². The van der Waals surface area contributed by atoms with E-state index in [0.29, 0.717) is 5.92 Å². The van der Waals surface area contributed by atoms with E-state index >= 15 is 0 Å². The predicted octanol–water partition coefficient (Wildman–Crippen LogP) is 3.53. The molecular formula is C12H13BrN2S. The Balaban J connectivity index is 2.01. The first-order valence-electron chi connectivity index (χ1n) is 5.60. The molecule has 4 heteroatoms. The number of hydrogen-bond donors (Lipinski definition) is 1. The Morgan fingerprint density at radius 3 is 3.12 bits per heavy atom. The van der Waals surface area contributed by atoms with E-state index in [0.717, 1.165) is 23.1 Å². The Hall–Kier alpha value is -0.450. The molecule has 1 unspecified atom stereocenters. The molecule has 0 bridgehead atoms. The van der Waals surface area contributed by atoms with Crippen molar-refractivity contribution in [3.05, 3.63) is 27.7 Å². The van der Waals surface area contributed by atoms with Crippen LogP contribution in [0.2, 0.25) is 0 Å². The third kappa shape index (κ3) is 1.90. The fourth-order valence-corrected chi connectivity index (χ4v) is 3.88. The molecular weight excluding hydrogens is 284 g/mol. The van der Waals surface area contributed by atoms with E-state index in [-0.39, 0.29) is 0 Å². The molecule has 1 fully saturated rings. The Morgan fingerprint density at radius 1 is 1.44 bits per heavy atom. The monoisotopic (exact) mass is 296 g/mol. The highest BCUT2D eigenvalue weighted by Crippen LogP contribution is 2.33. The molecule has 0 amide bonds. The van der Waals surface area contributed by atoms with Crippen LogP contribution in [-0.4, -0.2) is 18.1 Å². The van der Waals surface area contributed by atoms with Crippen LogP contribution in [0.5, 0.6) is 0 Å². The molecule has 84 valence electrons. The van der Waals surface area contributed by atoms with Crippen molar-refractivity contribution in [1.82, 2.24) is 10.3 Å². The number of aromatic nitrogens is 1. The fourth-order valence-electron chi connectivity index (χ4n) is 2.17. The lowest BCUT2D eigenvalue weighted by Crippen LogP contribution is -2.28. The SMILES string of the molecule is Brc1cccc2sc(C3CCCNC3)nc12. The Kier molecular flexibility index (Phi) is 2.96. The molecule has 1 saturated heterocycles. The number of thiazole rings is 1. The number of benzene rings is 1. The topological polar surface area (TPSA) is 24.9 Å². The summed E-state index contributed by atoms with van der Waals surface area (Å²) in [7, 11) is 0. The minimum absolute atomic E-state index is 0.609. The first kappa shape index (κ1) is 10.7. The minimum atomic E-state index is 0.609. The second-order valence-corrected chi connectivity index (χ2v) is 6.10. The largest absolute Gasteiger partial charge is 0.316 e. The van der Waals surface area contributed by atoms with Crippen LogP contribution in [0.15, 0.2) is 22.7 Å². The highest BCUT2D eigenvalue weighted by Gasteiger charge is 2.19. The van der Waals surface area contributed by atoms with Gasteiger partial charge in [-0.1, -0.05) is 6.07 Å². The van der Waals surface area contributed by atoms with Crippen LogP contribution < -0.4 is 5.32 Å². The highest BCUT2D eigenvalue weighted by molar-refractivity contribution is 9.10. The van der Waals surface area contributed by atoms with Gasteiger partial charge in [0.2, 0.25) is 0 Å². The maximum Gasteiger partial charge on any atom is 0.0982 e. The van der Waals surface area contributed by atoms with Gasteiger partial charge in [-0.15, -0.1) is 11.3 Å². The van der Waals surface area contributed by atoms with Gasteiger partial charge < -0.3 is 5.32 Å². The standard InChI is InChI=1S/C12H13BrN2S/c13-9-4-1-5-10-11(9)15-12(16-10)8-3-2-6-14-7-8/h1,4-5,8,14H,2-3,6-7H2. The second-order valence-electron chi connectivity index (χ2n) is 4.18. The maximum absolute atomic E-state index is 4.77. The number of rotatable bonds is 1. The molecule has 0 aliphatic carbocycles. The lowest BCUT2D eigenvalue weighted by atomic mass is 10.0. The Bertz CT molecular complexity index is 503. The first-order valence-corrected chi connectivity index (χ1v) is 7.21. The predicted molar refractivity (Wildman–Crippen MR) is 72.2 cm³/mol. The number of nitrogens with one attached hydrogen (secondary N) is 1. The minimum Gasteiger partial charge on any atom is -0.316 e. The fraction of sp³-hybridized carbons (Fsp3) is 0.417. The molecule has 0 radical (unpaired) electrons. The quantitative estimate of drug-likeness (QED) is 0.871. The van der Waals surface area contributed by atoms with Crippen molar-refractivity contribution in [2.24, 2.45) is 0 Å². The van der Waals surface area contributed by atoms with Crippen molar-refractivity contribution in [2.45, 2.75) is 18.8 Å². The van der Waals surface area contributed by atoms with Gasteiger partial charge in [0.15, 0.2) is 0 Å². The van der Waals surface area contributed by atoms with Crippen LogP contribution in [-0.2, 0) is 0 Å². The lowest BCUT2D eigenvalue weighted by Gasteiger charge is -2.20. The molecule has 1 aliphatic heterocycles. The van der Waals surface area contributed by atoms with Crippen molar-refractivity contribution < 1.29 is 0 Å². The molecule has 1 N–H and O–H groups in total. The zero-order chi connectivity index (χ0) is 11.0. The molecule has 3 rings (SSSR count). The van der Waals surface area contributed by atoms with E-state index < -0.39 is 0 Å². The summed E-state index contributed by atoms with van der Waals surface area (Å²) in [5.41, 5.74) is 1.12. The first-order chi connectivity index (χ1) is 7.84. The Morgan fingerprint density at radius 2 is 2.38 bits per heavy atom. The Labute approximate surface area is 107 Å². The van der Waals surface area contributed by atoms with Gasteiger partial charge in [-0.05, 0) is 47.4 Å². The number of nitrogens with zero attached hydrogens (tertiary/aromatic N) is 1. The van der Waals surface area contributed by atoms with Gasteiger partial charge in [-0.2, -0.15) is 0 Å². The van der Waals surface area contributed by atoms with Crippen molar-refractivity contribution in [3.63, 3.8) is 0 Å². The zero-order valence-electron chi connectivity index (χ0n) is 8.87. The van der Waals surface area contributed by atoms with Gasteiger partial charge in [-0.3, -0.25) is 0 Å². The van der Waals surface area contributed by atoms with E-state index in [4.69, 9.17) is 4.98 Å². The van der Waals surface area contributed by atoms with E-state index in [1.165, 1.54) is 22.5 Å². The van der Waals surface area contributed by atoms with Gasteiger partial charge >= 0.3 is 0 Å². The third-order valence-electron chi connectivity index (χ3n) is 3.03. The van der Waals surface area contributed by atoms with Crippen molar-refractivity contribution in [3.8, 4) is 0 Å². The number of halogens is 1. The van der Waals surface area contributed by atoms with Crippen LogP contribution >= 0.6 is 27.3 Å². The summed E-state index contributed by atoms with van der Waals surface area (Å²) in [5, 5.41) is 4.73. The summed E-state index contributed by atoms with van der Waals surface area (Å²) >= 11 is 5.40. The molecule has 1 aliphatic rings. The van der Waals surface area contributed by atoms with Crippen LogP contribution in [0.3, 0.4) is 0 Å². The molecule has 1 aromatic heterocycles. The van der Waals surface area contributed by atoms with Crippen molar-refractivity contribution >= 4 is 37.5 Å². The lowest BCUT2D eigenvalue weighted by molar-refractivity contribution is 0.461. The van der Waals surface area contributed by atoms with Gasteiger partial charge in [0.25, 0.3) is 0 Å². The van der Waals surface area contributed by atoms with Gasteiger partial charge in [0.05, 0.1) is 15.2 Å². The van der Waals surface area contributed by atoms with E-state index in [1.54, 1.807) is 0 Å². The summed E-state index contributed by atoms with van der Waals surface area (Å²) in [6.07, 6.45) is 2.53. The summed E-state index contributed by atoms with van der Waals surface area (Å²) in [4.78, 5) is 4.77. The molecule has 1 atom stereocenters. The number of hydrogen-bond acceptors (Lipinski definition) is 3. The molecule has 2 nitrogen and oxygen atoms in total. The third-order valence-corrected chi connectivity index (χ3v) is 4.86.